The summed E-state index contributed by atoms with van der Waals surface area (Å²) in [5.74, 6) is 0.208. The number of hydrogen-bond acceptors (Lipinski definition) is 4. The monoisotopic (exact) mass is 327 g/mol. The molecule has 1 amide bonds. The first-order valence-corrected chi connectivity index (χ1v) is 7.75. The summed E-state index contributed by atoms with van der Waals surface area (Å²) >= 11 is 0. The number of aromatic nitrogens is 3. The number of fused-ring (bicyclic) bond motifs is 1. The average Bonchev–Trinajstić information content (AvgIpc) is 2.98. The number of anilines is 1. The van der Waals surface area contributed by atoms with Crippen molar-refractivity contribution in [1.29, 1.82) is 0 Å². The van der Waals surface area contributed by atoms with E-state index in [9.17, 15) is 9.18 Å². The third kappa shape index (κ3) is 4.07. The van der Waals surface area contributed by atoms with E-state index in [-0.39, 0.29) is 11.7 Å². The van der Waals surface area contributed by atoms with Gasteiger partial charge in [0, 0.05) is 49.0 Å². The summed E-state index contributed by atoms with van der Waals surface area (Å²) < 4.78 is 13.2. The summed E-state index contributed by atoms with van der Waals surface area (Å²) in [7, 11) is 0. The van der Waals surface area contributed by atoms with Crippen LogP contribution in [0.3, 0.4) is 0 Å². The van der Waals surface area contributed by atoms with Gasteiger partial charge < -0.3 is 15.6 Å². The topological polar surface area (TPSA) is 82.7 Å². The minimum absolute atomic E-state index is 0.0377. The molecule has 3 rings (SSSR count). The van der Waals surface area contributed by atoms with Gasteiger partial charge in [-0.3, -0.25) is 4.79 Å². The Kier molecular flexibility index (Phi) is 5.00. The van der Waals surface area contributed by atoms with E-state index in [4.69, 9.17) is 0 Å². The number of hydrogen-bond donors (Lipinski definition) is 3. The van der Waals surface area contributed by atoms with Crippen molar-refractivity contribution < 1.29 is 9.18 Å². The molecule has 0 unspecified atom stereocenters. The number of H-pyrrole nitrogens is 1. The minimum Gasteiger partial charge on any atom is -0.361 e. The molecule has 24 heavy (non-hydrogen) atoms. The van der Waals surface area contributed by atoms with Gasteiger partial charge in [0.15, 0.2) is 0 Å². The van der Waals surface area contributed by atoms with Crippen LogP contribution < -0.4 is 10.6 Å². The molecular weight excluding hydrogens is 309 g/mol. The molecule has 1 aromatic carbocycles. The lowest BCUT2D eigenvalue weighted by atomic mass is 10.1. The SMILES string of the molecule is O=C(CCNc1ncccn1)NCCc1c[nH]c2cc(F)ccc12. The molecule has 0 radical (unpaired) electrons. The van der Waals surface area contributed by atoms with Crippen LogP contribution in [0.15, 0.2) is 42.9 Å². The van der Waals surface area contributed by atoms with Crippen LogP contribution in [0.5, 0.6) is 0 Å². The summed E-state index contributed by atoms with van der Waals surface area (Å²) in [6, 6.07) is 6.39. The molecule has 6 nitrogen and oxygen atoms in total. The smallest absolute Gasteiger partial charge is 0.222 e. The van der Waals surface area contributed by atoms with Crippen LogP contribution >= 0.6 is 0 Å². The lowest BCUT2D eigenvalue weighted by molar-refractivity contribution is -0.120. The number of carbonyl (C=O) groups is 1. The van der Waals surface area contributed by atoms with Gasteiger partial charge in [-0.05, 0) is 36.2 Å². The zero-order valence-electron chi connectivity index (χ0n) is 13.1. The quantitative estimate of drug-likeness (QED) is 0.621. The van der Waals surface area contributed by atoms with Crippen LogP contribution in [-0.4, -0.2) is 33.9 Å². The van der Waals surface area contributed by atoms with Gasteiger partial charge in [0.1, 0.15) is 5.82 Å². The van der Waals surface area contributed by atoms with E-state index in [0.29, 0.717) is 31.9 Å². The summed E-state index contributed by atoms with van der Waals surface area (Å²) in [4.78, 5) is 22.9. The van der Waals surface area contributed by atoms with E-state index >= 15 is 0 Å². The Morgan fingerprint density at radius 2 is 2.04 bits per heavy atom. The minimum atomic E-state index is -0.265. The van der Waals surface area contributed by atoms with Gasteiger partial charge in [-0.25, -0.2) is 14.4 Å². The van der Waals surface area contributed by atoms with E-state index in [1.807, 2.05) is 6.20 Å². The number of nitrogens with one attached hydrogen (secondary N) is 3. The molecule has 3 aromatic rings. The van der Waals surface area contributed by atoms with Crippen LogP contribution in [0.25, 0.3) is 10.9 Å². The van der Waals surface area contributed by atoms with Gasteiger partial charge in [0.25, 0.3) is 0 Å². The van der Waals surface area contributed by atoms with E-state index in [0.717, 1.165) is 16.5 Å². The zero-order valence-corrected chi connectivity index (χ0v) is 13.1. The Bertz CT molecular complexity index is 818. The maximum Gasteiger partial charge on any atom is 0.222 e. The van der Waals surface area contributed by atoms with Crippen LogP contribution in [0.2, 0.25) is 0 Å². The molecule has 2 aromatic heterocycles. The highest BCUT2D eigenvalue weighted by Gasteiger charge is 2.06. The largest absolute Gasteiger partial charge is 0.361 e. The van der Waals surface area contributed by atoms with Crippen molar-refractivity contribution in [3.8, 4) is 0 Å². The molecule has 0 atom stereocenters. The van der Waals surface area contributed by atoms with E-state index in [1.165, 1.54) is 12.1 Å². The molecule has 2 heterocycles. The van der Waals surface area contributed by atoms with Gasteiger partial charge in [-0.1, -0.05) is 0 Å². The first kappa shape index (κ1) is 15.9. The Hall–Kier alpha value is -2.96. The van der Waals surface area contributed by atoms with Gasteiger partial charge >= 0.3 is 0 Å². The second-order valence-electron chi connectivity index (χ2n) is 5.35. The molecule has 0 saturated carbocycles. The number of halogens is 1. The predicted octanol–water partition coefficient (Wildman–Crippen LogP) is 2.26. The maximum atomic E-state index is 13.2. The van der Waals surface area contributed by atoms with Crippen molar-refractivity contribution in [2.45, 2.75) is 12.8 Å². The average molecular weight is 327 g/mol. The lowest BCUT2D eigenvalue weighted by Gasteiger charge is -2.06. The van der Waals surface area contributed by atoms with Crippen molar-refractivity contribution in [2.75, 3.05) is 18.4 Å². The summed E-state index contributed by atoms with van der Waals surface area (Å²) in [6.07, 6.45) is 6.17. The summed E-state index contributed by atoms with van der Waals surface area (Å²) in [5.41, 5.74) is 1.82. The number of amides is 1. The fraction of sp³-hybridized carbons (Fsp3) is 0.235. The van der Waals surface area contributed by atoms with E-state index < -0.39 is 0 Å². The van der Waals surface area contributed by atoms with Crippen molar-refractivity contribution in [2.24, 2.45) is 0 Å². The standard InChI is InChI=1S/C17H18FN5O/c18-13-2-3-14-12(11-23-15(14)10-13)4-8-19-16(24)5-9-22-17-20-6-1-7-21-17/h1-3,6-7,10-11,23H,4-5,8-9H2,(H,19,24)(H,20,21,22). The number of benzene rings is 1. The fourth-order valence-corrected chi connectivity index (χ4v) is 2.47. The molecule has 0 aliphatic carbocycles. The Morgan fingerprint density at radius 1 is 1.21 bits per heavy atom. The molecule has 124 valence electrons. The molecule has 0 aliphatic heterocycles. The molecule has 0 bridgehead atoms. The maximum absolute atomic E-state index is 13.2. The molecule has 0 saturated heterocycles. The van der Waals surface area contributed by atoms with E-state index in [1.54, 1.807) is 24.5 Å². The first-order valence-electron chi connectivity index (χ1n) is 7.75. The van der Waals surface area contributed by atoms with Gasteiger partial charge in [-0.15, -0.1) is 0 Å². The Balaban J connectivity index is 1.41. The van der Waals surface area contributed by atoms with Gasteiger partial charge in [-0.2, -0.15) is 0 Å². The third-order valence-electron chi connectivity index (χ3n) is 3.65. The summed E-state index contributed by atoms with van der Waals surface area (Å²) in [6.45, 7) is 1.01. The highest BCUT2D eigenvalue weighted by atomic mass is 19.1. The predicted molar refractivity (Wildman–Crippen MR) is 90.1 cm³/mol. The normalized spacial score (nSPS) is 10.7. The number of rotatable bonds is 7. The first-order chi connectivity index (χ1) is 11.7. The second-order valence-corrected chi connectivity index (χ2v) is 5.35. The second kappa shape index (κ2) is 7.54. The molecule has 0 fully saturated rings. The van der Waals surface area contributed by atoms with Gasteiger partial charge in [0.2, 0.25) is 11.9 Å². The fourth-order valence-electron chi connectivity index (χ4n) is 2.47. The third-order valence-corrected chi connectivity index (χ3v) is 3.65. The van der Waals surface area contributed by atoms with Gasteiger partial charge in [0.05, 0.1) is 0 Å². The highest BCUT2D eigenvalue weighted by molar-refractivity contribution is 5.83. The molecule has 0 spiro atoms. The Morgan fingerprint density at radius 3 is 2.88 bits per heavy atom. The van der Waals surface area contributed by atoms with Crippen molar-refractivity contribution in [1.82, 2.24) is 20.3 Å². The van der Waals surface area contributed by atoms with Crippen LogP contribution in [0, 0.1) is 5.82 Å². The van der Waals surface area contributed by atoms with Crippen molar-refractivity contribution in [3.05, 3.63) is 54.2 Å². The van der Waals surface area contributed by atoms with Crippen LogP contribution in [0.1, 0.15) is 12.0 Å². The van der Waals surface area contributed by atoms with Crippen LogP contribution in [0.4, 0.5) is 10.3 Å². The highest BCUT2D eigenvalue weighted by Crippen LogP contribution is 2.19. The van der Waals surface area contributed by atoms with E-state index in [2.05, 4.69) is 25.6 Å². The molecule has 0 aliphatic rings. The number of aromatic amines is 1. The van der Waals surface area contributed by atoms with Crippen molar-refractivity contribution >= 4 is 22.8 Å². The molecule has 3 N–H and O–H groups in total. The van der Waals surface area contributed by atoms with Crippen LogP contribution in [-0.2, 0) is 11.2 Å². The number of nitrogens with zero attached hydrogens (tertiary/aromatic N) is 2. The Labute approximate surface area is 138 Å². The summed E-state index contributed by atoms with van der Waals surface area (Å²) in [5, 5.41) is 6.84. The molecular formula is C17H18FN5O. The zero-order chi connectivity index (χ0) is 16.8. The molecule has 7 heteroatoms. The number of carbonyl (C=O) groups excluding carboxylic acids is 1. The lowest BCUT2D eigenvalue weighted by Crippen LogP contribution is -2.27. The van der Waals surface area contributed by atoms with Crippen molar-refractivity contribution in [3.63, 3.8) is 0 Å².